The molecule has 28 heavy (non-hydrogen) atoms. The van der Waals surface area contributed by atoms with E-state index in [4.69, 9.17) is 0 Å². The Morgan fingerprint density at radius 3 is 2.00 bits per heavy atom. The number of aryl methyl sites for hydroxylation is 3. The summed E-state index contributed by atoms with van der Waals surface area (Å²) in [7, 11) is 0. The quantitative estimate of drug-likeness (QED) is 0.316. The van der Waals surface area contributed by atoms with Crippen LogP contribution in [-0.2, 0) is 6.18 Å². The van der Waals surface area contributed by atoms with Crippen molar-refractivity contribution in [1.29, 1.82) is 0 Å². The molecule has 0 bridgehead atoms. The predicted octanol–water partition coefficient (Wildman–Crippen LogP) is 7.91. The summed E-state index contributed by atoms with van der Waals surface area (Å²) < 4.78 is 41.1. The molecule has 0 unspecified atom stereocenters. The van der Waals surface area contributed by atoms with Crippen molar-refractivity contribution in [3.05, 3.63) is 82.4 Å². The molecular formula is C25H21F3. The number of hydrogen-bond donors (Lipinski definition) is 0. The van der Waals surface area contributed by atoms with Gasteiger partial charge in [-0.2, -0.15) is 13.2 Å². The second-order valence-electron chi connectivity index (χ2n) is 7.59. The number of benzene rings is 4. The van der Waals surface area contributed by atoms with Gasteiger partial charge in [0.2, 0.25) is 0 Å². The minimum Gasteiger partial charge on any atom is -0.166 e. The molecule has 0 atom stereocenters. The molecule has 0 nitrogen and oxygen atoms in total. The van der Waals surface area contributed by atoms with E-state index in [9.17, 15) is 13.2 Å². The van der Waals surface area contributed by atoms with Gasteiger partial charge in [-0.15, -0.1) is 0 Å². The van der Waals surface area contributed by atoms with E-state index in [1.807, 2.05) is 64.1 Å². The third-order valence-electron chi connectivity index (χ3n) is 5.73. The van der Waals surface area contributed by atoms with Gasteiger partial charge in [0, 0.05) is 0 Å². The fraction of sp³-hybridized carbons (Fsp3) is 0.200. The van der Waals surface area contributed by atoms with Crippen LogP contribution in [0.25, 0.3) is 32.7 Å². The summed E-state index contributed by atoms with van der Waals surface area (Å²) in [5, 5.41) is 3.49. The number of fused-ring (bicyclic) bond motifs is 2. The maximum absolute atomic E-state index is 13.7. The van der Waals surface area contributed by atoms with Crippen LogP contribution in [0.15, 0.2) is 54.6 Å². The summed E-state index contributed by atoms with van der Waals surface area (Å²) in [5.74, 6) is 0. The minimum absolute atomic E-state index is 0.608. The SMILES string of the molecule is Cc1cc2cc(C(F)(F)F)cc(-c3c(C)c(C)cc4ccccc34)c2cc1C. The van der Waals surface area contributed by atoms with Crippen LogP contribution in [0.2, 0.25) is 0 Å². The smallest absolute Gasteiger partial charge is 0.166 e. The average Bonchev–Trinajstić information content (AvgIpc) is 2.62. The van der Waals surface area contributed by atoms with Crippen LogP contribution in [0, 0.1) is 27.7 Å². The van der Waals surface area contributed by atoms with Gasteiger partial charge in [0.05, 0.1) is 5.56 Å². The Bertz CT molecular complexity index is 1230. The molecule has 0 aliphatic carbocycles. The van der Waals surface area contributed by atoms with Crippen molar-refractivity contribution >= 4 is 21.5 Å². The maximum atomic E-state index is 13.7. The Balaban J connectivity index is 2.22. The second-order valence-corrected chi connectivity index (χ2v) is 7.59. The van der Waals surface area contributed by atoms with Crippen molar-refractivity contribution < 1.29 is 13.2 Å². The first kappa shape index (κ1) is 18.5. The Hall–Kier alpha value is -2.81. The van der Waals surface area contributed by atoms with Gasteiger partial charge >= 0.3 is 6.18 Å². The van der Waals surface area contributed by atoms with Gasteiger partial charge in [-0.05, 0) is 94.8 Å². The lowest BCUT2D eigenvalue weighted by atomic mass is 9.86. The van der Waals surface area contributed by atoms with Gasteiger partial charge in [0.15, 0.2) is 0 Å². The van der Waals surface area contributed by atoms with Crippen molar-refractivity contribution in [2.45, 2.75) is 33.9 Å². The fourth-order valence-electron chi connectivity index (χ4n) is 3.94. The zero-order valence-electron chi connectivity index (χ0n) is 16.3. The van der Waals surface area contributed by atoms with Crippen LogP contribution in [0.5, 0.6) is 0 Å². The topological polar surface area (TPSA) is 0 Å². The average molecular weight is 378 g/mol. The molecule has 0 heterocycles. The molecule has 0 spiro atoms. The molecule has 0 amide bonds. The van der Waals surface area contributed by atoms with Crippen LogP contribution >= 0.6 is 0 Å². The van der Waals surface area contributed by atoms with Crippen LogP contribution in [0.1, 0.15) is 27.8 Å². The maximum Gasteiger partial charge on any atom is 0.416 e. The summed E-state index contributed by atoms with van der Waals surface area (Å²) in [6.07, 6.45) is -4.39. The summed E-state index contributed by atoms with van der Waals surface area (Å²) in [6.45, 7) is 7.93. The molecule has 4 aromatic rings. The van der Waals surface area contributed by atoms with Crippen LogP contribution in [0.3, 0.4) is 0 Å². The van der Waals surface area contributed by atoms with E-state index >= 15 is 0 Å². The van der Waals surface area contributed by atoms with Gasteiger partial charge < -0.3 is 0 Å². The molecule has 4 aromatic carbocycles. The van der Waals surface area contributed by atoms with Gasteiger partial charge in [-0.3, -0.25) is 0 Å². The van der Waals surface area contributed by atoms with Crippen molar-refractivity contribution in [2.24, 2.45) is 0 Å². The second kappa shape index (κ2) is 6.37. The molecular weight excluding hydrogens is 357 g/mol. The molecule has 0 fully saturated rings. The monoisotopic (exact) mass is 378 g/mol. The van der Waals surface area contributed by atoms with Crippen LogP contribution in [-0.4, -0.2) is 0 Å². The molecule has 142 valence electrons. The van der Waals surface area contributed by atoms with Gasteiger partial charge in [0.1, 0.15) is 0 Å². The Morgan fingerprint density at radius 1 is 0.643 bits per heavy atom. The molecule has 4 rings (SSSR count). The standard InChI is InChI=1S/C25H21F3/c1-14-9-19-12-20(25(26,27)28)13-23(22(19)11-15(14)2)24-17(4)16(3)10-18-7-5-6-8-21(18)24/h5-13H,1-4H3. The van der Waals surface area contributed by atoms with Crippen molar-refractivity contribution in [2.75, 3.05) is 0 Å². The normalized spacial score (nSPS) is 12.1. The highest BCUT2D eigenvalue weighted by Crippen LogP contribution is 2.42. The molecule has 0 saturated carbocycles. The van der Waals surface area contributed by atoms with Crippen molar-refractivity contribution in [3.8, 4) is 11.1 Å². The third-order valence-corrected chi connectivity index (χ3v) is 5.73. The number of alkyl halides is 3. The first-order valence-electron chi connectivity index (χ1n) is 9.28. The summed E-state index contributed by atoms with van der Waals surface area (Å²) in [4.78, 5) is 0. The highest BCUT2D eigenvalue weighted by atomic mass is 19.4. The third kappa shape index (κ3) is 2.95. The van der Waals surface area contributed by atoms with E-state index in [1.54, 1.807) is 0 Å². The lowest BCUT2D eigenvalue weighted by Gasteiger charge is -2.19. The number of rotatable bonds is 1. The molecule has 3 heteroatoms. The number of hydrogen-bond acceptors (Lipinski definition) is 0. The molecule has 0 aromatic heterocycles. The Morgan fingerprint density at radius 2 is 1.29 bits per heavy atom. The molecule has 0 radical (unpaired) electrons. The van der Waals surface area contributed by atoms with Crippen molar-refractivity contribution in [1.82, 2.24) is 0 Å². The van der Waals surface area contributed by atoms with E-state index in [0.717, 1.165) is 44.0 Å². The summed E-state index contributed by atoms with van der Waals surface area (Å²) >= 11 is 0. The zero-order chi connectivity index (χ0) is 20.2. The van der Waals surface area contributed by atoms with Crippen molar-refractivity contribution in [3.63, 3.8) is 0 Å². The summed E-state index contributed by atoms with van der Waals surface area (Å²) in [5.41, 5.74) is 5.07. The Labute approximate surface area is 162 Å². The predicted molar refractivity (Wildman–Crippen MR) is 111 cm³/mol. The van der Waals surface area contributed by atoms with E-state index in [-0.39, 0.29) is 0 Å². The first-order chi connectivity index (χ1) is 13.2. The number of halogens is 3. The first-order valence-corrected chi connectivity index (χ1v) is 9.28. The molecule has 0 aliphatic heterocycles. The fourth-order valence-corrected chi connectivity index (χ4v) is 3.94. The van der Waals surface area contributed by atoms with Gasteiger partial charge in [0.25, 0.3) is 0 Å². The molecule has 0 N–H and O–H groups in total. The zero-order valence-corrected chi connectivity index (χ0v) is 16.3. The van der Waals surface area contributed by atoms with Gasteiger partial charge in [-0.25, -0.2) is 0 Å². The van der Waals surface area contributed by atoms with Crippen LogP contribution in [0.4, 0.5) is 13.2 Å². The largest absolute Gasteiger partial charge is 0.416 e. The van der Waals surface area contributed by atoms with E-state index in [0.29, 0.717) is 10.9 Å². The van der Waals surface area contributed by atoms with Crippen LogP contribution < -0.4 is 0 Å². The van der Waals surface area contributed by atoms with Gasteiger partial charge in [-0.1, -0.05) is 42.5 Å². The van der Waals surface area contributed by atoms with E-state index < -0.39 is 11.7 Å². The molecule has 0 saturated heterocycles. The Kier molecular flexibility index (Phi) is 4.22. The highest BCUT2D eigenvalue weighted by molar-refractivity contribution is 6.07. The minimum atomic E-state index is -4.39. The lowest BCUT2D eigenvalue weighted by Crippen LogP contribution is -2.06. The lowest BCUT2D eigenvalue weighted by molar-refractivity contribution is -0.137. The highest BCUT2D eigenvalue weighted by Gasteiger charge is 2.32. The summed E-state index contributed by atoms with van der Waals surface area (Å²) in [6, 6.07) is 16.4. The van der Waals surface area contributed by atoms with E-state index in [1.165, 1.54) is 12.1 Å². The molecule has 0 aliphatic rings. The van der Waals surface area contributed by atoms with E-state index in [2.05, 4.69) is 6.07 Å².